The molecule has 8 nitrogen and oxygen atoms in total. The van der Waals surface area contributed by atoms with Gasteiger partial charge in [0.2, 0.25) is 5.91 Å². The molecular weight excluding hydrogens is 497 g/mol. The minimum atomic E-state index is -0.586. The van der Waals surface area contributed by atoms with E-state index in [0.717, 1.165) is 22.2 Å². The van der Waals surface area contributed by atoms with E-state index in [0.29, 0.717) is 22.7 Å². The molecule has 1 aliphatic rings. The molecule has 3 aromatic rings. The Kier molecular flexibility index (Phi) is 7.99. The zero-order valence-corrected chi connectivity index (χ0v) is 20.5. The van der Waals surface area contributed by atoms with Gasteiger partial charge in [0.25, 0.3) is 17.1 Å². The Bertz CT molecular complexity index is 1370. The Labute approximate surface area is 216 Å². The van der Waals surface area contributed by atoms with Gasteiger partial charge in [0, 0.05) is 11.4 Å². The average Bonchev–Trinajstić information content (AvgIpc) is 3.12. The lowest BCUT2D eigenvalue weighted by Crippen LogP contribution is -2.36. The van der Waals surface area contributed by atoms with Gasteiger partial charge in [0.15, 0.2) is 6.61 Å². The third-order valence-electron chi connectivity index (χ3n) is 5.15. The summed E-state index contributed by atoms with van der Waals surface area (Å²) in [4.78, 5) is 50.4. The number of benzene rings is 3. The van der Waals surface area contributed by atoms with Crippen molar-refractivity contribution in [1.29, 1.82) is 0 Å². The summed E-state index contributed by atoms with van der Waals surface area (Å²) in [5.74, 6) is -1.45. The van der Waals surface area contributed by atoms with E-state index in [2.05, 4.69) is 10.6 Å². The van der Waals surface area contributed by atoms with E-state index in [-0.39, 0.29) is 17.4 Å². The first-order chi connectivity index (χ1) is 17.8. The number of hydrogen-bond acceptors (Lipinski definition) is 6. The standard InChI is InChI=1S/C27H22FN3O5S/c1-17-3-2-4-21(13-17)30-25(33)16-36-22-11-5-18(6-12-22)14-23-26(34)31(27(35)37-23)15-24(32)29-20-9-7-19(28)8-10-20/h2-14H,15-16H2,1H3,(H,29,32)(H,30,33)/b23-14+. The van der Waals surface area contributed by atoms with E-state index in [9.17, 15) is 23.6 Å². The second kappa shape index (κ2) is 11.5. The second-order valence-corrected chi connectivity index (χ2v) is 9.09. The molecular formula is C27H22FN3O5S. The van der Waals surface area contributed by atoms with Crippen LogP contribution in [0.5, 0.6) is 5.75 Å². The van der Waals surface area contributed by atoms with Gasteiger partial charge in [-0.05, 0) is 84.4 Å². The van der Waals surface area contributed by atoms with Gasteiger partial charge in [-0.1, -0.05) is 24.3 Å². The smallest absolute Gasteiger partial charge is 0.294 e. The summed E-state index contributed by atoms with van der Waals surface area (Å²) in [5.41, 5.74) is 2.70. The van der Waals surface area contributed by atoms with Gasteiger partial charge < -0.3 is 15.4 Å². The van der Waals surface area contributed by atoms with E-state index in [4.69, 9.17) is 4.74 Å². The van der Waals surface area contributed by atoms with Crippen molar-refractivity contribution in [3.63, 3.8) is 0 Å². The predicted octanol–water partition coefficient (Wildman–Crippen LogP) is 4.83. The highest BCUT2D eigenvalue weighted by atomic mass is 32.2. The third kappa shape index (κ3) is 7.05. The number of hydrogen-bond donors (Lipinski definition) is 2. The van der Waals surface area contributed by atoms with Gasteiger partial charge >= 0.3 is 0 Å². The molecule has 1 aliphatic heterocycles. The highest BCUT2D eigenvalue weighted by Crippen LogP contribution is 2.32. The Morgan fingerprint density at radius 3 is 2.35 bits per heavy atom. The SMILES string of the molecule is Cc1cccc(NC(=O)COc2ccc(/C=C3/SC(=O)N(CC(=O)Nc4ccc(F)cc4)C3=O)cc2)c1. The molecule has 0 spiro atoms. The molecule has 0 radical (unpaired) electrons. The summed E-state index contributed by atoms with van der Waals surface area (Å²) in [6.07, 6.45) is 1.54. The van der Waals surface area contributed by atoms with Crippen molar-refractivity contribution < 1.29 is 28.3 Å². The maximum atomic E-state index is 13.0. The fourth-order valence-corrected chi connectivity index (χ4v) is 4.23. The summed E-state index contributed by atoms with van der Waals surface area (Å²) in [6.45, 7) is 1.30. The lowest BCUT2D eigenvalue weighted by Gasteiger charge is -2.12. The number of rotatable bonds is 8. The quantitative estimate of drug-likeness (QED) is 0.413. The summed E-state index contributed by atoms with van der Waals surface area (Å²) in [5, 5.41) is 4.72. The molecule has 0 unspecified atom stereocenters. The lowest BCUT2D eigenvalue weighted by molar-refractivity contribution is -0.127. The maximum Gasteiger partial charge on any atom is 0.294 e. The fraction of sp³-hybridized carbons (Fsp3) is 0.111. The molecule has 0 saturated carbocycles. The average molecular weight is 520 g/mol. The maximum absolute atomic E-state index is 13.0. The van der Waals surface area contributed by atoms with E-state index < -0.39 is 29.4 Å². The van der Waals surface area contributed by atoms with Crippen LogP contribution >= 0.6 is 11.8 Å². The summed E-state index contributed by atoms with van der Waals surface area (Å²) in [6, 6.07) is 19.2. The van der Waals surface area contributed by atoms with Crippen LogP contribution in [0.15, 0.2) is 77.7 Å². The molecule has 0 bridgehead atoms. The number of carbonyl (C=O) groups excluding carboxylic acids is 4. The molecule has 0 aliphatic carbocycles. The largest absolute Gasteiger partial charge is 0.484 e. The number of ether oxygens (including phenoxy) is 1. The normalized spacial score (nSPS) is 14.1. The summed E-state index contributed by atoms with van der Waals surface area (Å²) < 4.78 is 18.5. The molecule has 4 amide bonds. The molecule has 1 saturated heterocycles. The van der Waals surface area contributed by atoms with E-state index in [1.165, 1.54) is 30.3 Å². The monoisotopic (exact) mass is 519 g/mol. The van der Waals surface area contributed by atoms with Crippen molar-refractivity contribution in [2.45, 2.75) is 6.92 Å². The van der Waals surface area contributed by atoms with Gasteiger partial charge in [0.1, 0.15) is 18.1 Å². The Morgan fingerprint density at radius 2 is 1.65 bits per heavy atom. The molecule has 4 rings (SSSR count). The van der Waals surface area contributed by atoms with Crippen molar-refractivity contribution >= 4 is 52.2 Å². The lowest BCUT2D eigenvalue weighted by atomic mass is 10.2. The van der Waals surface area contributed by atoms with Crippen LogP contribution in [0.3, 0.4) is 0 Å². The first kappa shape index (κ1) is 25.6. The minimum Gasteiger partial charge on any atom is -0.484 e. The van der Waals surface area contributed by atoms with Crippen molar-refractivity contribution in [2.24, 2.45) is 0 Å². The first-order valence-corrected chi connectivity index (χ1v) is 12.0. The van der Waals surface area contributed by atoms with Gasteiger partial charge in [-0.3, -0.25) is 24.1 Å². The summed E-state index contributed by atoms with van der Waals surface area (Å²) in [7, 11) is 0. The molecule has 37 heavy (non-hydrogen) atoms. The van der Waals surface area contributed by atoms with Crippen molar-refractivity contribution in [3.05, 3.63) is 94.6 Å². The van der Waals surface area contributed by atoms with Crippen LogP contribution in [0.1, 0.15) is 11.1 Å². The molecule has 0 aromatic heterocycles. The number of nitrogens with zero attached hydrogens (tertiary/aromatic N) is 1. The topological polar surface area (TPSA) is 105 Å². The fourth-order valence-electron chi connectivity index (χ4n) is 3.39. The van der Waals surface area contributed by atoms with Gasteiger partial charge in [-0.2, -0.15) is 0 Å². The first-order valence-electron chi connectivity index (χ1n) is 11.2. The molecule has 1 heterocycles. The van der Waals surface area contributed by atoms with E-state index >= 15 is 0 Å². The summed E-state index contributed by atoms with van der Waals surface area (Å²) >= 11 is 0.732. The number of halogens is 1. The number of amides is 4. The number of aryl methyl sites for hydroxylation is 1. The Hall–Kier alpha value is -4.44. The number of imide groups is 1. The zero-order chi connectivity index (χ0) is 26.4. The molecule has 0 atom stereocenters. The Morgan fingerprint density at radius 1 is 0.946 bits per heavy atom. The molecule has 3 aromatic carbocycles. The second-order valence-electron chi connectivity index (χ2n) is 8.10. The number of thioether (sulfide) groups is 1. The van der Waals surface area contributed by atoms with Crippen LogP contribution in [0.2, 0.25) is 0 Å². The Balaban J connectivity index is 1.30. The van der Waals surface area contributed by atoms with E-state index in [1.54, 1.807) is 30.3 Å². The molecule has 1 fully saturated rings. The third-order valence-corrected chi connectivity index (χ3v) is 6.06. The van der Waals surface area contributed by atoms with Gasteiger partial charge in [0.05, 0.1) is 4.91 Å². The number of nitrogens with one attached hydrogen (secondary N) is 2. The highest BCUT2D eigenvalue weighted by Gasteiger charge is 2.36. The highest BCUT2D eigenvalue weighted by molar-refractivity contribution is 8.18. The predicted molar refractivity (Wildman–Crippen MR) is 139 cm³/mol. The van der Waals surface area contributed by atoms with Crippen LogP contribution in [-0.4, -0.2) is 41.0 Å². The van der Waals surface area contributed by atoms with Crippen molar-refractivity contribution in [1.82, 2.24) is 4.90 Å². The number of anilines is 2. The van der Waals surface area contributed by atoms with Crippen LogP contribution in [0.4, 0.5) is 20.6 Å². The van der Waals surface area contributed by atoms with Crippen molar-refractivity contribution in [3.8, 4) is 5.75 Å². The van der Waals surface area contributed by atoms with E-state index in [1.807, 2.05) is 25.1 Å². The van der Waals surface area contributed by atoms with Crippen LogP contribution < -0.4 is 15.4 Å². The zero-order valence-electron chi connectivity index (χ0n) is 19.7. The van der Waals surface area contributed by atoms with Crippen molar-refractivity contribution in [2.75, 3.05) is 23.8 Å². The van der Waals surface area contributed by atoms with Crippen LogP contribution in [0.25, 0.3) is 6.08 Å². The number of carbonyl (C=O) groups is 4. The van der Waals surface area contributed by atoms with Crippen LogP contribution in [0, 0.1) is 12.7 Å². The van der Waals surface area contributed by atoms with Gasteiger partial charge in [-0.25, -0.2) is 4.39 Å². The van der Waals surface area contributed by atoms with Crippen LogP contribution in [-0.2, 0) is 14.4 Å². The molecule has 10 heteroatoms. The molecule has 188 valence electrons. The van der Waals surface area contributed by atoms with Gasteiger partial charge in [-0.15, -0.1) is 0 Å². The molecule has 2 N–H and O–H groups in total. The minimum absolute atomic E-state index is 0.172.